The summed E-state index contributed by atoms with van der Waals surface area (Å²) in [5.41, 5.74) is 1.02. The molecule has 1 aromatic heterocycles. The number of nitriles is 1. The summed E-state index contributed by atoms with van der Waals surface area (Å²) in [6.07, 6.45) is 9.37. The van der Waals surface area contributed by atoms with Gasteiger partial charge in [-0.2, -0.15) is 5.26 Å². The molecule has 1 heterocycles. The molecule has 1 aliphatic rings. The fraction of sp³-hybridized carbons (Fsp3) is 0.300. The molecule has 25 heavy (non-hydrogen) atoms. The molecule has 4 nitrogen and oxygen atoms in total. The lowest BCUT2D eigenvalue weighted by Gasteiger charge is -2.24. The van der Waals surface area contributed by atoms with Crippen molar-refractivity contribution in [3.63, 3.8) is 0 Å². The fourth-order valence-electron chi connectivity index (χ4n) is 2.97. The van der Waals surface area contributed by atoms with Gasteiger partial charge in [0.25, 0.3) is 5.91 Å². The number of thiophene rings is 1. The molecule has 0 radical (unpaired) electrons. The molecule has 0 aliphatic heterocycles. The van der Waals surface area contributed by atoms with E-state index in [1.165, 1.54) is 11.3 Å². The Bertz CT molecular complexity index is 834. The van der Waals surface area contributed by atoms with E-state index in [2.05, 4.69) is 17.3 Å². The van der Waals surface area contributed by atoms with Crippen LogP contribution < -0.4 is 10.1 Å². The summed E-state index contributed by atoms with van der Waals surface area (Å²) in [6.45, 7) is 0.336. The normalized spacial score (nSPS) is 15.1. The molecule has 1 aromatic carbocycles. The van der Waals surface area contributed by atoms with Crippen molar-refractivity contribution in [3.05, 3.63) is 51.7 Å². The third-order valence-electron chi connectivity index (χ3n) is 4.40. The van der Waals surface area contributed by atoms with E-state index in [-0.39, 0.29) is 5.91 Å². The third-order valence-corrected chi connectivity index (χ3v) is 5.29. The van der Waals surface area contributed by atoms with Gasteiger partial charge < -0.3 is 10.1 Å². The Morgan fingerprint density at radius 2 is 2.00 bits per heavy atom. The van der Waals surface area contributed by atoms with Crippen LogP contribution in [0.3, 0.4) is 0 Å². The first-order chi connectivity index (χ1) is 12.2. The van der Waals surface area contributed by atoms with Crippen molar-refractivity contribution in [1.29, 1.82) is 5.26 Å². The monoisotopic (exact) mass is 350 g/mol. The molecule has 1 aliphatic carbocycles. The zero-order chi connectivity index (χ0) is 17.7. The van der Waals surface area contributed by atoms with Crippen LogP contribution in [0, 0.1) is 23.7 Å². The number of terminal acetylenes is 1. The molecule has 1 N–H and O–H groups in total. The van der Waals surface area contributed by atoms with Gasteiger partial charge in [0.1, 0.15) is 22.8 Å². The molecule has 0 saturated heterocycles. The first kappa shape index (κ1) is 17.1. The number of carbonyl (C=O) groups is 1. The lowest BCUT2D eigenvalue weighted by Crippen LogP contribution is -2.44. The maximum absolute atomic E-state index is 12.6. The van der Waals surface area contributed by atoms with E-state index in [1.54, 1.807) is 18.2 Å². The van der Waals surface area contributed by atoms with E-state index in [0.717, 1.165) is 31.2 Å². The predicted octanol–water partition coefficient (Wildman–Crippen LogP) is 3.87. The highest BCUT2D eigenvalue weighted by Gasteiger charge is 2.34. The Morgan fingerprint density at radius 3 is 2.64 bits per heavy atom. The topological polar surface area (TPSA) is 62.1 Å². The van der Waals surface area contributed by atoms with Crippen molar-refractivity contribution in [1.82, 2.24) is 5.32 Å². The second kappa shape index (κ2) is 7.42. The molecule has 5 heteroatoms. The van der Waals surface area contributed by atoms with E-state index in [1.807, 2.05) is 17.5 Å². The maximum atomic E-state index is 12.6. The standard InChI is InChI=1S/C20H18N2O2S/c1-2-20(10-3-4-11-20)22-19(23)18-17(9-12-25-18)24-14-16-7-5-15(13-21)6-8-16/h1,5-9,12H,3-4,10-11,14H2,(H,22,23). The number of carbonyl (C=O) groups excluding carboxylic acids is 1. The number of rotatable bonds is 5. The average molecular weight is 350 g/mol. The smallest absolute Gasteiger partial charge is 0.266 e. The number of amides is 1. The quantitative estimate of drug-likeness (QED) is 0.833. The highest BCUT2D eigenvalue weighted by Crippen LogP contribution is 2.31. The van der Waals surface area contributed by atoms with Crippen LogP contribution >= 0.6 is 11.3 Å². The minimum absolute atomic E-state index is 0.176. The number of hydrogen-bond acceptors (Lipinski definition) is 4. The van der Waals surface area contributed by atoms with Gasteiger partial charge in [-0.1, -0.05) is 18.1 Å². The second-order valence-corrected chi connectivity index (χ2v) is 7.02. The minimum atomic E-state index is -0.522. The Morgan fingerprint density at radius 1 is 1.28 bits per heavy atom. The molecule has 3 rings (SSSR count). The molecule has 0 atom stereocenters. The van der Waals surface area contributed by atoms with Gasteiger partial charge in [0.15, 0.2) is 0 Å². The van der Waals surface area contributed by atoms with E-state index >= 15 is 0 Å². The highest BCUT2D eigenvalue weighted by molar-refractivity contribution is 7.12. The molecule has 2 aromatic rings. The fourth-order valence-corrected chi connectivity index (χ4v) is 3.70. The Kier molecular flexibility index (Phi) is 5.07. The summed E-state index contributed by atoms with van der Waals surface area (Å²) in [5, 5.41) is 13.7. The molecule has 1 amide bonds. The number of hydrogen-bond donors (Lipinski definition) is 1. The Labute approximate surface area is 151 Å². The van der Waals surface area contributed by atoms with E-state index in [0.29, 0.717) is 22.8 Å². The molecule has 126 valence electrons. The molecular weight excluding hydrogens is 332 g/mol. The van der Waals surface area contributed by atoms with Gasteiger partial charge in [0.2, 0.25) is 0 Å². The van der Waals surface area contributed by atoms with Crippen molar-refractivity contribution in [3.8, 4) is 24.2 Å². The maximum Gasteiger partial charge on any atom is 0.266 e. The second-order valence-electron chi connectivity index (χ2n) is 6.10. The summed E-state index contributed by atoms with van der Waals surface area (Å²) in [4.78, 5) is 13.2. The largest absolute Gasteiger partial charge is 0.487 e. The predicted molar refractivity (Wildman–Crippen MR) is 97.3 cm³/mol. The summed E-state index contributed by atoms with van der Waals surface area (Å²) in [7, 11) is 0. The zero-order valence-electron chi connectivity index (χ0n) is 13.7. The van der Waals surface area contributed by atoms with Crippen molar-refractivity contribution >= 4 is 17.2 Å². The summed E-state index contributed by atoms with van der Waals surface area (Å²) >= 11 is 1.34. The number of benzene rings is 1. The van der Waals surface area contributed by atoms with Crippen LogP contribution in [0.4, 0.5) is 0 Å². The van der Waals surface area contributed by atoms with Crippen LogP contribution in [0.1, 0.15) is 46.5 Å². The van der Waals surface area contributed by atoms with Crippen LogP contribution in [-0.4, -0.2) is 11.4 Å². The first-order valence-electron chi connectivity index (χ1n) is 8.15. The summed E-state index contributed by atoms with van der Waals surface area (Å²) in [6, 6.07) is 11.1. The van der Waals surface area contributed by atoms with Crippen molar-refractivity contribution in [2.24, 2.45) is 0 Å². The Hall–Kier alpha value is -2.76. The molecule has 1 saturated carbocycles. The van der Waals surface area contributed by atoms with E-state index in [9.17, 15) is 4.79 Å². The van der Waals surface area contributed by atoms with Crippen LogP contribution in [0.5, 0.6) is 5.75 Å². The first-order valence-corrected chi connectivity index (χ1v) is 9.03. The number of ether oxygens (including phenoxy) is 1. The SMILES string of the molecule is C#CC1(NC(=O)c2sccc2OCc2ccc(C#N)cc2)CCCC1. The van der Waals surface area contributed by atoms with Gasteiger partial charge in [-0.05, 0) is 54.8 Å². The van der Waals surface area contributed by atoms with Crippen LogP contribution in [-0.2, 0) is 6.61 Å². The van der Waals surface area contributed by atoms with Gasteiger partial charge in [-0.25, -0.2) is 0 Å². The van der Waals surface area contributed by atoms with Crippen molar-refractivity contribution in [2.45, 2.75) is 37.8 Å². The third kappa shape index (κ3) is 3.84. The average Bonchev–Trinajstić information content (AvgIpc) is 3.30. The summed E-state index contributed by atoms with van der Waals surface area (Å²) < 4.78 is 5.80. The molecule has 0 spiro atoms. The minimum Gasteiger partial charge on any atom is -0.487 e. The van der Waals surface area contributed by atoms with Crippen LogP contribution in [0.2, 0.25) is 0 Å². The van der Waals surface area contributed by atoms with Crippen LogP contribution in [0.25, 0.3) is 0 Å². The van der Waals surface area contributed by atoms with Gasteiger partial charge in [-0.15, -0.1) is 17.8 Å². The number of nitrogens with zero attached hydrogens (tertiary/aromatic N) is 1. The Balaban J connectivity index is 1.66. The zero-order valence-corrected chi connectivity index (χ0v) is 14.6. The van der Waals surface area contributed by atoms with Gasteiger partial charge >= 0.3 is 0 Å². The van der Waals surface area contributed by atoms with E-state index in [4.69, 9.17) is 16.4 Å². The van der Waals surface area contributed by atoms with E-state index < -0.39 is 5.54 Å². The van der Waals surface area contributed by atoms with Crippen molar-refractivity contribution < 1.29 is 9.53 Å². The highest BCUT2D eigenvalue weighted by atomic mass is 32.1. The summed E-state index contributed by atoms with van der Waals surface area (Å²) in [5.74, 6) is 3.14. The van der Waals surface area contributed by atoms with Gasteiger partial charge in [-0.3, -0.25) is 4.79 Å². The molecule has 0 unspecified atom stereocenters. The number of nitrogens with one attached hydrogen (secondary N) is 1. The lowest BCUT2D eigenvalue weighted by atomic mass is 9.99. The molecular formula is C20H18N2O2S. The van der Waals surface area contributed by atoms with Crippen molar-refractivity contribution in [2.75, 3.05) is 0 Å². The van der Waals surface area contributed by atoms with Gasteiger partial charge in [0, 0.05) is 0 Å². The lowest BCUT2D eigenvalue weighted by molar-refractivity contribution is 0.0921. The molecule has 0 bridgehead atoms. The van der Waals surface area contributed by atoms with Gasteiger partial charge in [0.05, 0.1) is 11.6 Å². The van der Waals surface area contributed by atoms with Crippen LogP contribution in [0.15, 0.2) is 35.7 Å². The molecule has 1 fully saturated rings.